The predicted molar refractivity (Wildman–Crippen MR) is 72.5 cm³/mol. The van der Waals surface area contributed by atoms with E-state index in [2.05, 4.69) is 10.1 Å². The predicted octanol–water partition coefficient (Wildman–Crippen LogP) is 1.20. The second kappa shape index (κ2) is 6.17. The molecule has 1 amide bonds. The molecule has 1 aromatic rings. The maximum atomic E-state index is 12.4. The number of amides is 1. The van der Waals surface area contributed by atoms with Gasteiger partial charge < -0.3 is 15.8 Å². The summed E-state index contributed by atoms with van der Waals surface area (Å²) in [6.07, 6.45) is 3.84. The number of carbonyl (C=O) groups excluding carboxylic acids is 1. The van der Waals surface area contributed by atoms with Gasteiger partial charge in [0.2, 0.25) is 5.91 Å². The molecule has 0 saturated heterocycles. The first-order valence-corrected chi connectivity index (χ1v) is 6.08. The van der Waals surface area contributed by atoms with Gasteiger partial charge in [0.05, 0.1) is 0 Å². The molecule has 19 heavy (non-hydrogen) atoms. The molecular weight excluding hydrogens is 244 g/mol. The van der Waals surface area contributed by atoms with Crippen LogP contribution in [-0.4, -0.2) is 33.9 Å². The quantitative estimate of drug-likeness (QED) is 0.362. The van der Waals surface area contributed by atoms with Gasteiger partial charge in [-0.15, -0.1) is 0 Å². The molecule has 0 fully saturated rings. The molecule has 1 aromatic heterocycles. The van der Waals surface area contributed by atoms with Crippen LogP contribution in [0.15, 0.2) is 29.7 Å². The molecule has 1 rings (SSSR count). The molecule has 0 spiro atoms. The summed E-state index contributed by atoms with van der Waals surface area (Å²) < 4.78 is 0. The Morgan fingerprint density at radius 2 is 2.32 bits per heavy atom. The van der Waals surface area contributed by atoms with Crippen molar-refractivity contribution in [3.8, 4) is 0 Å². The zero-order valence-electron chi connectivity index (χ0n) is 11.5. The highest BCUT2D eigenvalue weighted by atomic mass is 16.4. The van der Waals surface area contributed by atoms with Crippen LogP contribution in [0.2, 0.25) is 0 Å². The fourth-order valence-corrected chi connectivity index (χ4v) is 1.81. The average Bonchev–Trinajstić information content (AvgIpc) is 2.45. The molecule has 1 unspecified atom stereocenters. The molecular formula is C13H20N4O2. The van der Waals surface area contributed by atoms with Gasteiger partial charge >= 0.3 is 0 Å². The van der Waals surface area contributed by atoms with E-state index in [0.29, 0.717) is 13.0 Å². The molecule has 3 N–H and O–H groups in total. The number of oxime groups is 1. The van der Waals surface area contributed by atoms with Crippen molar-refractivity contribution in [1.82, 2.24) is 9.88 Å². The van der Waals surface area contributed by atoms with Crippen LogP contribution in [0.25, 0.3) is 0 Å². The lowest BCUT2D eigenvalue weighted by Crippen LogP contribution is -2.48. The Morgan fingerprint density at radius 3 is 2.79 bits per heavy atom. The van der Waals surface area contributed by atoms with Gasteiger partial charge in [0.1, 0.15) is 5.41 Å². The van der Waals surface area contributed by atoms with Gasteiger partial charge in [0.15, 0.2) is 5.84 Å². The Bertz CT molecular complexity index is 461. The minimum absolute atomic E-state index is 0.0713. The molecule has 104 valence electrons. The summed E-state index contributed by atoms with van der Waals surface area (Å²) in [6, 6.07) is 3.71. The number of aromatic nitrogens is 1. The molecule has 0 aromatic carbocycles. The summed E-state index contributed by atoms with van der Waals surface area (Å²) in [5, 5.41) is 11.8. The summed E-state index contributed by atoms with van der Waals surface area (Å²) in [6.45, 7) is 3.93. The minimum Gasteiger partial charge on any atom is -0.409 e. The van der Waals surface area contributed by atoms with Gasteiger partial charge in [-0.2, -0.15) is 0 Å². The van der Waals surface area contributed by atoms with Gasteiger partial charge in [-0.25, -0.2) is 0 Å². The van der Waals surface area contributed by atoms with E-state index in [4.69, 9.17) is 10.9 Å². The summed E-state index contributed by atoms with van der Waals surface area (Å²) in [5.41, 5.74) is 5.57. The lowest BCUT2D eigenvalue weighted by Gasteiger charge is -2.30. The minimum atomic E-state index is -0.994. The van der Waals surface area contributed by atoms with Crippen LogP contribution in [0.3, 0.4) is 0 Å². The molecule has 6 heteroatoms. The summed E-state index contributed by atoms with van der Waals surface area (Å²) in [7, 11) is 1.69. The Hall–Kier alpha value is -2.11. The molecule has 0 bridgehead atoms. The van der Waals surface area contributed by atoms with Gasteiger partial charge in [0, 0.05) is 26.0 Å². The summed E-state index contributed by atoms with van der Waals surface area (Å²) in [4.78, 5) is 18.0. The van der Waals surface area contributed by atoms with Crippen molar-refractivity contribution < 1.29 is 10.0 Å². The van der Waals surface area contributed by atoms with Crippen LogP contribution >= 0.6 is 0 Å². The van der Waals surface area contributed by atoms with E-state index in [-0.39, 0.29) is 11.7 Å². The number of pyridine rings is 1. The van der Waals surface area contributed by atoms with Gasteiger partial charge in [-0.05, 0) is 25.0 Å². The smallest absolute Gasteiger partial charge is 0.236 e. The topological polar surface area (TPSA) is 91.8 Å². The van der Waals surface area contributed by atoms with Crippen LogP contribution in [0.5, 0.6) is 0 Å². The van der Waals surface area contributed by atoms with Gasteiger partial charge in [0.25, 0.3) is 0 Å². The molecule has 6 nitrogen and oxygen atoms in total. The first-order chi connectivity index (χ1) is 8.95. The fraction of sp³-hybridized carbons (Fsp3) is 0.462. The fourth-order valence-electron chi connectivity index (χ4n) is 1.81. The van der Waals surface area contributed by atoms with Crippen molar-refractivity contribution in [2.75, 3.05) is 7.05 Å². The number of amidine groups is 1. The number of carbonyl (C=O) groups is 1. The van der Waals surface area contributed by atoms with E-state index in [1.165, 1.54) is 0 Å². The monoisotopic (exact) mass is 264 g/mol. The van der Waals surface area contributed by atoms with Crippen LogP contribution in [0.1, 0.15) is 25.8 Å². The molecule has 1 atom stereocenters. The first kappa shape index (κ1) is 14.9. The van der Waals surface area contributed by atoms with Crippen molar-refractivity contribution in [1.29, 1.82) is 0 Å². The second-order valence-corrected chi connectivity index (χ2v) is 4.69. The number of nitrogens with two attached hydrogens (primary N) is 1. The van der Waals surface area contributed by atoms with Crippen molar-refractivity contribution >= 4 is 11.7 Å². The summed E-state index contributed by atoms with van der Waals surface area (Å²) in [5.74, 6) is -0.257. The van der Waals surface area contributed by atoms with Crippen LogP contribution in [0, 0.1) is 5.41 Å². The number of rotatable bonds is 5. The van der Waals surface area contributed by atoms with E-state index >= 15 is 0 Å². The maximum Gasteiger partial charge on any atom is 0.236 e. The van der Waals surface area contributed by atoms with Crippen molar-refractivity contribution in [2.24, 2.45) is 16.3 Å². The van der Waals surface area contributed by atoms with Crippen LogP contribution in [-0.2, 0) is 11.3 Å². The van der Waals surface area contributed by atoms with Crippen molar-refractivity contribution in [2.45, 2.75) is 26.8 Å². The maximum absolute atomic E-state index is 12.4. The first-order valence-electron chi connectivity index (χ1n) is 6.08. The largest absolute Gasteiger partial charge is 0.409 e. The van der Waals surface area contributed by atoms with Crippen LogP contribution in [0.4, 0.5) is 0 Å². The molecule has 0 aliphatic carbocycles. The Labute approximate surface area is 112 Å². The highest BCUT2D eigenvalue weighted by Gasteiger charge is 2.38. The highest BCUT2D eigenvalue weighted by Crippen LogP contribution is 2.24. The lowest BCUT2D eigenvalue weighted by atomic mass is 9.84. The van der Waals surface area contributed by atoms with Gasteiger partial charge in [-0.3, -0.25) is 9.78 Å². The standard InChI is InChI=1S/C13H20N4O2/c1-4-13(2,11(14)16-19)12(18)17(3)9-10-6-5-7-15-8-10/h5-8,19H,4,9H2,1-3H3,(H2,14,16). The van der Waals surface area contributed by atoms with E-state index in [1.807, 2.05) is 19.1 Å². The van der Waals surface area contributed by atoms with E-state index < -0.39 is 5.41 Å². The Balaban J connectivity index is 2.87. The normalized spacial score (nSPS) is 14.8. The second-order valence-electron chi connectivity index (χ2n) is 4.69. The van der Waals surface area contributed by atoms with Crippen molar-refractivity contribution in [3.05, 3.63) is 30.1 Å². The highest BCUT2D eigenvalue weighted by molar-refractivity contribution is 6.06. The molecule has 0 radical (unpaired) electrons. The molecule has 0 saturated carbocycles. The van der Waals surface area contributed by atoms with Gasteiger partial charge in [-0.1, -0.05) is 18.1 Å². The average molecular weight is 264 g/mol. The third-order valence-corrected chi connectivity index (χ3v) is 3.34. The molecule has 0 aliphatic heterocycles. The number of hydrogen-bond acceptors (Lipinski definition) is 4. The lowest BCUT2D eigenvalue weighted by molar-refractivity contribution is -0.137. The Morgan fingerprint density at radius 1 is 1.63 bits per heavy atom. The molecule has 0 aliphatic rings. The van der Waals surface area contributed by atoms with E-state index in [1.54, 1.807) is 31.3 Å². The number of nitrogens with zero attached hydrogens (tertiary/aromatic N) is 3. The molecule has 1 heterocycles. The zero-order valence-corrected chi connectivity index (χ0v) is 11.5. The SMILES string of the molecule is CCC(C)(C(=O)N(C)Cc1cccnc1)/C(N)=N/O. The third-order valence-electron chi connectivity index (χ3n) is 3.34. The zero-order chi connectivity index (χ0) is 14.5. The van der Waals surface area contributed by atoms with E-state index in [9.17, 15) is 4.79 Å². The summed E-state index contributed by atoms with van der Waals surface area (Å²) >= 11 is 0. The Kier molecular flexibility index (Phi) is 4.86. The number of hydrogen-bond donors (Lipinski definition) is 2. The van der Waals surface area contributed by atoms with Crippen LogP contribution < -0.4 is 5.73 Å². The third kappa shape index (κ3) is 3.21. The van der Waals surface area contributed by atoms with Crippen molar-refractivity contribution in [3.63, 3.8) is 0 Å². The van der Waals surface area contributed by atoms with E-state index in [0.717, 1.165) is 5.56 Å².